The molecule has 0 aromatic carbocycles. The zero-order valence-electron chi connectivity index (χ0n) is 9.66. The summed E-state index contributed by atoms with van der Waals surface area (Å²) in [5.41, 5.74) is 0.0670. The highest BCUT2D eigenvalue weighted by Gasteiger charge is 2.47. The van der Waals surface area contributed by atoms with Gasteiger partial charge < -0.3 is 10.1 Å². The molecule has 0 amide bonds. The van der Waals surface area contributed by atoms with Crippen LogP contribution in [-0.2, 0) is 9.53 Å². The van der Waals surface area contributed by atoms with E-state index in [-0.39, 0.29) is 29.8 Å². The van der Waals surface area contributed by atoms with Crippen molar-refractivity contribution in [2.45, 2.75) is 31.7 Å². The minimum Gasteiger partial charge on any atom is -0.466 e. The third-order valence-electron chi connectivity index (χ3n) is 3.53. The van der Waals surface area contributed by atoms with E-state index in [1.54, 1.807) is 0 Å². The van der Waals surface area contributed by atoms with Crippen LogP contribution in [0.2, 0.25) is 0 Å². The fourth-order valence-corrected chi connectivity index (χ4v) is 3.93. The average Bonchev–Trinajstić information content (AvgIpc) is 2.63. The highest BCUT2D eigenvalue weighted by atomic mass is 35.5. The van der Waals surface area contributed by atoms with Crippen LogP contribution in [0.15, 0.2) is 0 Å². The summed E-state index contributed by atoms with van der Waals surface area (Å²) in [5.74, 6) is 2.44. The summed E-state index contributed by atoms with van der Waals surface area (Å²) in [6, 6.07) is 0. The molecule has 16 heavy (non-hydrogen) atoms. The molecule has 94 valence electrons. The number of ether oxygens (including phenoxy) is 1. The molecule has 2 rings (SSSR count). The van der Waals surface area contributed by atoms with Gasteiger partial charge in [0.2, 0.25) is 0 Å². The molecule has 2 fully saturated rings. The second-order valence-electron chi connectivity index (χ2n) is 4.29. The molecule has 1 N–H and O–H groups in total. The summed E-state index contributed by atoms with van der Waals surface area (Å²) in [7, 11) is 0. The Hall–Kier alpha value is 0.0700. The maximum absolute atomic E-state index is 11.8. The van der Waals surface area contributed by atoms with E-state index >= 15 is 0 Å². The molecule has 1 spiro atoms. The Morgan fingerprint density at radius 1 is 1.50 bits per heavy atom. The number of halogens is 1. The molecular formula is C11H20ClNO2S. The predicted molar refractivity (Wildman–Crippen MR) is 69.3 cm³/mol. The number of nitrogens with one attached hydrogen (secondary N) is 1. The van der Waals surface area contributed by atoms with Crippen LogP contribution in [0.25, 0.3) is 0 Å². The first-order chi connectivity index (χ1) is 7.28. The lowest BCUT2D eigenvalue weighted by atomic mass is 9.80. The first kappa shape index (κ1) is 14.1. The molecule has 1 atom stereocenters. The van der Waals surface area contributed by atoms with Crippen molar-refractivity contribution >= 4 is 30.1 Å². The molecule has 5 heteroatoms. The van der Waals surface area contributed by atoms with Crippen molar-refractivity contribution in [1.82, 2.24) is 5.32 Å². The van der Waals surface area contributed by atoms with Crippen molar-refractivity contribution < 1.29 is 9.53 Å². The molecule has 1 unspecified atom stereocenters. The van der Waals surface area contributed by atoms with Crippen LogP contribution >= 0.6 is 24.2 Å². The van der Waals surface area contributed by atoms with Crippen LogP contribution in [0, 0.1) is 5.92 Å². The van der Waals surface area contributed by atoms with Crippen LogP contribution in [0.1, 0.15) is 26.2 Å². The summed E-state index contributed by atoms with van der Waals surface area (Å²) in [5, 5.41) is 3.55. The highest BCUT2D eigenvalue weighted by Crippen LogP contribution is 2.39. The van der Waals surface area contributed by atoms with Gasteiger partial charge in [0.1, 0.15) is 0 Å². The maximum atomic E-state index is 11.8. The van der Waals surface area contributed by atoms with Gasteiger partial charge in [-0.05, 0) is 44.2 Å². The lowest BCUT2D eigenvalue weighted by molar-refractivity contribution is -0.150. The van der Waals surface area contributed by atoms with E-state index in [1.807, 2.05) is 18.7 Å². The highest BCUT2D eigenvalue weighted by molar-refractivity contribution is 7.99. The van der Waals surface area contributed by atoms with Gasteiger partial charge in [-0.2, -0.15) is 11.8 Å². The molecule has 0 radical (unpaired) electrons. The van der Waals surface area contributed by atoms with E-state index < -0.39 is 0 Å². The van der Waals surface area contributed by atoms with Crippen LogP contribution in [0.3, 0.4) is 0 Å². The molecule has 0 aromatic heterocycles. The Kier molecular flexibility index (Phi) is 5.41. The van der Waals surface area contributed by atoms with Gasteiger partial charge in [0.05, 0.1) is 12.5 Å². The van der Waals surface area contributed by atoms with E-state index in [1.165, 1.54) is 11.5 Å². The van der Waals surface area contributed by atoms with Gasteiger partial charge >= 0.3 is 5.97 Å². The number of carbonyl (C=O) groups is 1. The SMILES string of the molecule is CCOC(=O)C1CCNC12CCSCC2.Cl. The zero-order chi connectivity index (χ0) is 10.7. The van der Waals surface area contributed by atoms with Gasteiger partial charge in [-0.25, -0.2) is 0 Å². The lowest BCUT2D eigenvalue weighted by Crippen LogP contribution is -2.50. The number of hydrogen-bond donors (Lipinski definition) is 1. The van der Waals surface area contributed by atoms with Gasteiger partial charge in [-0.15, -0.1) is 12.4 Å². The molecule has 2 aliphatic heterocycles. The summed E-state index contributed by atoms with van der Waals surface area (Å²) >= 11 is 1.99. The lowest BCUT2D eigenvalue weighted by Gasteiger charge is -2.37. The standard InChI is InChI=1S/C11H19NO2S.ClH/c1-2-14-10(13)9-3-6-12-11(9)4-7-15-8-5-11;/h9,12H,2-8H2,1H3;1H. The van der Waals surface area contributed by atoms with E-state index in [0.717, 1.165) is 25.8 Å². The van der Waals surface area contributed by atoms with Gasteiger partial charge in [0, 0.05) is 5.54 Å². The molecule has 0 bridgehead atoms. The van der Waals surface area contributed by atoms with Crippen LogP contribution < -0.4 is 5.32 Å². The minimum absolute atomic E-state index is 0. The monoisotopic (exact) mass is 265 g/mol. The van der Waals surface area contributed by atoms with Crippen molar-refractivity contribution in [3.63, 3.8) is 0 Å². The van der Waals surface area contributed by atoms with Gasteiger partial charge in [-0.3, -0.25) is 4.79 Å². The second-order valence-corrected chi connectivity index (χ2v) is 5.51. The van der Waals surface area contributed by atoms with Crippen molar-refractivity contribution in [2.75, 3.05) is 24.7 Å². The van der Waals surface area contributed by atoms with Crippen LogP contribution in [-0.4, -0.2) is 36.2 Å². The predicted octanol–water partition coefficient (Wildman–Crippen LogP) is 1.85. The molecule has 3 nitrogen and oxygen atoms in total. The smallest absolute Gasteiger partial charge is 0.310 e. The number of rotatable bonds is 2. The molecule has 0 aliphatic carbocycles. The number of esters is 1. The van der Waals surface area contributed by atoms with Gasteiger partial charge in [0.15, 0.2) is 0 Å². The number of thioether (sulfide) groups is 1. The third-order valence-corrected chi connectivity index (χ3v) is 4.52. The molecule has 2 aliphatic rings. The molecule has 0 aromatic rings. The average molecular weight is 266 g/mol. The summed E-state index contributed by atoms with van der Waals surface area (Å²) < 4.78 is 5.17. The first-order valence-corrected chi connectivity index (χ1v) is 6.93. The molecule has 0 saturated carbocycles. The van der Waals surface area contributed by atoms with E-state index in [2.05, 4.69) is 5.32 Å². The van der Waals surface area contributed by atoms with E-state index in [9.17, 15) is 4.79 Å². The molecule has 2 saturated heterocycles. The van der Waals surface area contributed by atoms with Gasteiger partial charge in [-0.1, -0.05) is 0 Å². The zero-order valence-corrected chi connectivity index (χ0v) is 11.3. The summed E-state index contributed by atoms with van der Waals surface area (Å²) in [4.78, 5) is 11.8. The number of carbonyl (C=O) groups excluding carboxylic acids is 1. The topological polar surface area (TPSA) is 38.3 Å². The quantitative estimate of drug-likeness (QED) is 0.774. The van der Waals surface area contributed by atoms with Crippen molar-refractivity contribution in [1.29, 1.82) is 0 Å². The van der Waals surface area contributed by atoms with Crippen molar-refractivity contribution in [2.24, 2.45) is 5.92 Å². The first-order valence-electron chi connectivity index (χ1n) is 5.78. The summed E-state index contributed by atoms with van der Waals surface area (Å²) in [6.45, 7) is 3.35. The third kappa shape index (κ3) is 2.66. The van der Waals surface area contributed by atoms with Gasteiger partial charge in [0.25, 0.3) is 0 Å². The van der Waals surface area contributed by atoms with Crippen LogP contribution in [0.5, 0.6) is 0 Å². The van der Waals surface area contributed by atoms with E-state index in [4.69, 9.17) is 4.74 Å². The second kappa shape index (κ2) is 6.12. The number of hydrogen-bond acceptors (Lipinski definition) is 4. The largest absolute Gasteiger partial charge is 0.466 e. The normalized spacial score (nSPS) is 27.4. The molecular weight excluding hydrogens is 246 g/mol. The fourth-order valence-electron chi connectivity index (χ4n) is 2.71. The Morgan fingerprint density at radius 2 is 2.19 bits per heavy atom. The molecule has 2 heterocycles. The Bertz CT molecular complexity index is 244. The van der Waals surface area contributed by atoms with Crippen molar-refractivity contribution in [3.05, 3.63) is 0 Å². The Morgan fingerprint density at radius 3 is 2.81 bits per heavy atom. The van der Waals surface area contributed by atoms with Crippen LogP contribution in [0.4, 0.5) is 0 Å². The fraction of sp³-hybridized carbons (Fsp3) is 0.909. The Balaban J connectivity index is 0.00000128. The maximum Gasteiger partial charge on any atom is 0.310 e. The van der Waals surface area contributed by atoms with Crippen molar-refractivity contribution in [3.8, 4) is 0 Å². The Labute approximate surface area is 107 Å². The summed E-state index contributed by atoms with van der Waals surface area (Å²) in [6.07, 6.45) is 3.17. The van der Waals surface area contributed by atoms with E-state index in [0.29, 0.717) is 6.61 Å². The minimum atomic E-state index is 0.